The van der Waals surface area contributed by atoms with Crippen molar-refractivity contribution in [2.75, 3.05) is 40.8 Å². The summed E-state index contributed by atoms with van der Waals surface area (Å²) in [6, 6.07) is 0. The van der Waals surface area contributed by atoms with Gasteiger partial charge in [0.15, 0.2) is 0 Å². The number of rotatable bonds is 8. The number of amides is 4. The summed E-state index contributed by atoms with van der Waals surface area (Å²) in [7, 11) is 2.75. The lowest BCUT2D eigenvalue weighted by Gasteiger charge is -2.35. The number of carbonyl (C=O) groups excluding carboxylic acids is 4. The van der Waals surface area contributed by atoms with Crippen molar-refractivity contribution in [3.8, 4) is 0 Å². The van der Waals surface area contributed by atoms with Crippen molar-refractivity contribution in [1.29, 1.82) is 0 Å². The van der Waals surface area contributed by atoms with Crippen LogP contribution >= 0.6 is 0 Å². The first-order chi connectivity index (χ1) is 13.7. The highest BCUT2D eigenvalue weighted by Crippen LogP contribution is 2.15. The third-order valence-corrected chi connectivity index (χ3v) is 2.91. The molecule has 174 valence electrons. The minimum absolute atomic E-state index is 0.109. The molecule has 12 nitrogen and oxygen atoms in total. The molecule has 0 aromatic heterocycles. The zero-order valence-corrected chi connectivity index (χ0v) is 19.0. The molecule has 0 fully saturated rings. The van der Waals surface area contributed by atoms with E-state index in [1.165, 1.54) is 14.2 Å². The van der Waals surface area contributed by atoms with E-state index in [1.807, 2.05) is 0 Å². The highest BCUT2D eigenvalue weighted by molar-refractivity contribution is 5.86. The van der Waals surface area contributed by atoms with Gasteiger partial charge < -0.3 is 29.6 Å². The Hall–Kier alpha value is -2.60. The molecule has 0 aliphatic rings. The fourth-order valence-corrected chi connectivity index (χ4v) is 1.82. The van der Waals surface area contributed by atoms with Gasteiger partial charge in [0.25, 0.3) is 0 Å². The van der Waals surface area contributed by atoms with E-state index in [-0.39, 0.29) is 13.5 Å². The molecule has 0 radical (unpaired) electrons. The van der Waals surface area contributed by atoms with Gasteiger partial charge in [-0.25, -0.2) is 19.6 Å². The Bertz CT molecular complexity index is 546. The van der Waals surface area contributed by atoms with Crippen LogP contribution in [0.15, 0.2) is 0 Å². The van der Waals surface area contributed by atoms with Gasteiger partial charge in [-0.3, -0.25) is 9.59 Å². The maximum atomic E-state index is 12.8. The highest BCUT2D eigenvalue weighted by Gasteiger charge is 2.35. The van der Waals surface area contributed by atoms with Crippen LogP contribution in [0.3, 0.4) is 0 Å². The van der Waals surface area contributed by atoms with Gasteiger partial charge in [-0.15, -0.1) is 0 Å². The maximum absolute atomic E-state index is 12.8. The predicted molar refractivity (Wildman–Crippen MR) is 106 cm³/mol. The topological polar surface area (TPSA) is 136 Å². The van der Waals surface area contributed by atoms with Crippen LogP contribution < -0.4 is 10.6 Å². The fraction of sp³-hybridized carbons (Fsp3) is 0.778. The third kappa shape index (κ3) is 12.1. The summed E-state index contributed by atoms with van der Waals surface area (Å²) in [6.07, 6.45) is -2.03. The molecule has 0 rings (SSSR count). The second-order valence-electron chi connectivity index (χ2n) is 8.14. The molecule has 0 atom stereocenters. The smallest absolute Gasteiger partial charge is 0.429 e. The van der Waals surface area contributed by atoms with Gasteiger partial charge in [-0.2, -0.15) is 0 Å². The van der Waals surface area contributed by atoms with Crippen LogP contribution in [0.5, 0.6) is 0 Å². The van der Waals surface area contributed by atoms with E-state index in [0.717, 1.165) is 0 Å². The fourth-order valence-electron chi connectivity index (χ4n) is 1.82. The summed E-state index contributed by atoms with van der Waals surface area (Å²) in [4.78, 5) is 49.9. The van der Waals surface area contributed by atoms with Crippen LogP contribution in [0.25, 0.3) is 0 Å². The number of nitrogens with zero attached hydrogens (tertiary/aromatic N) is 2. The lowest BCUT2D eigenvalue weighted by molar-refractivity contribution is -0.134. The zero-order valence-electron chi connectivity index (χ0n) is 19.0. The van der Waals surface area contributed by atoms with Gasteiger partial charge in [0, 0.05) is 14.2 Å². The second-order valence-corrected chi connectivity index (χ2v) is 8.14. The normalized spacial score (nSPS) is 11.3. The Morgan fingerprint density at radius 1 is 0.667 bits per heavy atom. The van der Waals surface area contributed by atoms with Crippen molar-refractivity contribution >= 4 is 24.0 Å². The molecule has 0 bridgehead atoms. The van der Waals surface area contributed by atoms with Gasteiger partial charge in [-0.1, -0.05) is 0 Å². The average Bonchev–Trinajstić information content (AvgIpc) is 2.57. The number of ether oxygens (including phenoxy) is 4. The monoisotopic (exact) mass is 434 g/mol. The Morgan fingerprint density at radius 3 is 1.20 bits per heavy atom. The third-order valence-electron chi connectivity index (χ3n) is 2.91. The van der Waals surface area contributed by atoms with E-state index >= 15 is 0 Å². The van der Waals surface area contributed by atoms with E-state index in [9.17, 15) is 19.2 Å². The quantitative estimate of drug-likeness (QED) is 0.423. The summed E-state index contributed by atoms with van der Waals surface area (Å²) in [5.74, 6) is -1.29. The number of methoxy groups -OCH3 is 2. The molecule has 0 aromatic carbocycles. The molecule has 0 saturated heterocycles. The molecule has 12 heteroatoms. The molecule has 4 amide bonds. The highest BCUT2D eigenvalue weighted by atomic mass is 16.6. The number of hydrogen-bond donors (Lipinski definition) is 2. The average molecular weight is 434 g/mol. The van der Waals surface area contributed by atoms with E-state index in [0.29, 0.717) is 10.0 Å². The van der Waals surface area contributed by atoms with Crippen molar-refractivity contribution < 1.29 is 38.1 Å². The van der Waals surface area contributed by atoms with Gasteiger partial charge in [0.05, 0.1) is 0 Å². The van der Waals surface area contributed by atoms with Crippen molar-refractivity contribution in [2.45, 2.75) is 52.7 Å². The number of hydrazine groups is 1. The first-order valence-corrected chi connectivity index (χ1v) is 9.22. The van der Waals surface area contributed by atoms with Crippen molar-refractivity contribution in [3.05, 3.63) is 0 Å². The minimum atomic E-state index is -1.01. The van der Waals surface area contributed by atoms with Crippen LogP contribution in [-0.4, -0.2) is 86.0 Å². The van der Waals surface area contributed by atoms with Crippen molar-refractivity contribution in [1.82, 2.24) is 20.7 Å². The Kier molecular flexibility index (Phi) is 11.1. The van der Waals surface area contributed by atoms with Gasteiger partial charge in [-0.05, 0) is 41.5 Å². The molecule has 0 saturated carbocycles. The number of carbonyl (C=O) groups is 4. The van der Waals surface area contributed by atoms with Crippen LogP contribution in [-0.2, 0) is 28.5 Å². The summed E-state index contributed by atoms with van der Waals surface area (Å²) in [5, 5.41) is 6.21. The Labute approximate surface area is 177 Å². The van der Waals surface area contributed by atoms with E-state index in [1.54, 1.807) is 41.5 Å². The van der Waals surface area contributed by atoms with Crippen LogP contribution in [0.1, 0.15) is 41.5 Å². The number of hydrogen-bond acceptors (Lipinski definition) is 8. The standard InChI is InChI=1S/C18H34N4O8/c1-17(2,3)29-15(25)21(9-13(23)19-11-27-7)22(10-14(24)20-12-28-8)16(26)30-18(4,5)6/h9-12H2,1-8H3,(H,19,23)(H,20,24). The zero-order chi connectivity index (χ0) is 23.5. The van der Waals surface area contributed by atoms with Crippen LogP contribution in [0.2, 0.25) is 0 Å². The first-order valence-electron chi connectivity index (χ1n) is 9.22. The molecule has 0 spiro atoms. The van der Waals surface area contributed by atoms with Crippen molar-refractivity contribution in [3.63, 3.8) is 0 Å². The van der Waals surface area contributed by atoms with Crippen LogP contribution in [0.4, 0.5) is 9.59 Å². The molecule has 0 aliphatic carbocycles. The van der Waals surface area contributed by atoms with Crippen LogP contribution in [0, 0.1) is 0 Å². The van der Waals surface area contributed by atoms with Gasteiger partial charge in [0.1, 0.15) is 37.8 Å². The molecule has 0 heterocycles. The molecule has 30 heavy (non-hydrogen) atoms. The molecule has 0 unspecified atom stereocenters. The minimum Gasteiger partial charge on any atom is -0.442 e. The predicted octanol–water partition coefficient (Wildman–Crippen LogP) is 0.816. The largest absolute Gasteiger partial charge is 0.442 e. The van der Waals surface area contributed by atoms with E-state index < -0.39 is 48.3 Å². The van der Waals surface area contributed by atoms with Crippen molar-refractivity contribution in [2.24, 2.45) is 0 Å². The summed E-state index contributed by atoms with van der Waals surface area (Å²) in [5.41, 5.74) is -1.84. The summed E-state index contributed by atoms with van der Waals surface area (Å²) in [6.45, 7) is 8.28. The van der Waals surface area contributed by atoms with E-state index in [2.05, 4.69) is 10.6 Å². The maximum Gasteiger partial charge on any atom is 0.429 e. The molecule has 0 aliphatic heterocycles. The lowest BCUT2D eigenvalue weighted by atomic mass is 10.2. The summed E-state index contributed by atoms with van der Waals surface area (Å²) < 4.78 is 20.1. The Balaban J connectivity index is 5.86. The van der Waals surface area contributed by atoms with Gasteiger partial charge in [0.2, 0.25) is 11.8 Å². The number of nitrogens with one attached hydrogen (secondary N) is 2. The SMILES string of the molecule is COCNC(=O)CN(C(=O)OC(C)(C)C)N(CC(=O)NCOC)C(=O)OC(C)(C)C. The summed E-state index contributed by atoms with van der Waals surface area (Å²) >= 11 is 0. The molecule has 2 N–H and O–H groups in total. The Morgan fingerprint density at radius 2 is 0.967 bits per heavy atom. The lowest BCUT2D eigenvalue weighted by Crippen LogP contribution is -2.58. The van der Waals surface area contributed by atoms with Gasteiger partial charge >= 0.3 is 12.2 Å². The first kappa shape index (κ1) is 27.4. The van der Waals surface area contributed by atoms with E-state index in [4.69, 9.17) is 18.9 Å². The molecule has 0 aromatic rings. The second kappa shape index (κ2) is 12.2. The molecular weight excluding hydrogens is 400 g/mol. The molecular formula is C18H34N4O8.